The highest BCUT2D eigenvalue weighted by Gasteiger charge is 2.39. The third-order valence-electron chi connectivity index (χ3n) is 4.33. The van der Waals surface area contributed by atoms with E-state index in [0.717, 1.165) is 34.8 Å². The normalized spacial score (nSPS) is 28.4. The van der Waals surface area contributed by atoms with Crippen molar-refractivity contribution in [2.45, 2.75) is 38.0 Å². The van der Waals surface area contributed by atoms with Crippen LogP contribution in [-0.4, -0.2) is 29.1 Å². The van der Waals surface area contributed by atoms with Gasteiger partial charge in [0.1, 0.15) is 0 Å². The first-order valence-electron chi connectivity index (χ1n) is 6.87. The summed E-state index contributed by atoms with van der Waals surface area (Å²) in [6.07, 6.45) is 3.66. The molecule has 0 aliphatic heterocycles. The summed E-state index contributed by atoms with van der Waals surface area (Å²) >= 11 is 1.64. The number of aromatic nitrogens is 1. The van der Waals surface area contributed by atoms with E-state index < -0.39 is 5.97 Å². The predicted molar refractivity (Wildman–Crippen MR) is 72.7 cm³/mol. The van der Waals surface area contributed by atoms with Gasteiger partial charge < -0.3 is 9.84 Å². The summed E-state index contributed by atoms with van der Waals surface area (Å²) in [5.41, 5.74) is 1.07. The quantitative estimate of drug-likeness (QED) is 0.863. The summed E-state index contributed by atoms with van der Waals surface area (Å²) in [7, 11) is 1.42. The van der Waals surface area contributed by atoms with Gasteiger partial charge in [0.25, 0.3) is 0 Å². The Hall–Kier alpha value is -1.43. The number of carboxylic acid groups (broad SMARTS) is 1. The second-order valence-electron chi connectivity index (χ2n) is 5.59. The zero-order valence-corrected chi connectivity index (χ0v) is 12.1. The van der Waals surface area contributed by atoms with Crippen molar-refractivity contribution in [1.82, 2.24) is 4.98 Å². The summed E-state index contributed by atoms with van der Waals surface area (Å²) in [5, 5.41) is 10.2. The van der Waals surface area contributed by atoms with E-state index in [0.29, 0.717) is 18.8 Å². The highest BCUT2D eigenvalue weighted by molar-refractivity contribution is 7.11. The average molecular weight is 295 g/mol. The summed E-state index contributed by atoms with van der Waals surface area (Å²) in [6, 6.07) is 0. The summed E-state index contributed by atoms with van der Waals surface area (Å²) in [5.74, 6) is -0.746. The van der Waals surface area contributed by atoms with Gasteiger partial charge in [-0.3, -0.25) is 9.59 Å². The van der Waals surface area contributed by atoms with Crippen LogP contribution in [0.15, 0.2) is 0 Å². The number of rotatable bonds is 3. The maximum atomic E-state index is 11.4. The molecule has 1 aromatic heterocycles. The molecule has 1 unspecified atom stereocenters. The molecule has 0 radical (unpaired) electrons. The van der Waals surface area contributed by atoms with Crippen LogP contribution in [0, 0.1) is 11.8 Å². The van der Waals surface area contributed by atoms with Crippen LogP contribution < -0.4 is 0 Å². The molecule has 1 aromatic rings. The van der Waals surface area contributed by atoms with Crippen molar-refractivity contribution in [3.63, 3.8) is 0 Å². The zero-order chi connectivity index (χ0) is 14.3. The van der Waals surface area contributed by atoms with E-state index in [-0.39, 0.29) is 17.8 Å². The molecule has 0 saturated heterocycles. The van der Waals surface area contributed by atoms with Crippen LogP contribution in [0.2, 0.25) is 0 Å². The molecule has 2 aliphatic carbocycles. The molecule has 1 fully saturated rings. The first kappa shape index (κ1) is 13.5. The van der Waals surface area contributed by atoms with Crippen LogP contribution in [0.3, 0.4) is 0 Å². The van der Waals surface area contributed by atoms with Gasteiger partial charge in [0, 0.05) is 10.8 Å². The van der Waals surface area contributed by atoms with Crippen molar-refractivity contribution < 1.29 is 19.4 Å². The SMILES string of the molecule is COC(=O)C1CC(c2nc3c(s2)CC(C(=O)O)CC3)C1. The zero-order valence-electron chi connectivity index (χ0n) is 11.3. The molecule has 1 atom stereocenters. The second kappa shape index (κ2) is 5.16. The molecular weight excluding hydrogens is 278 g/mol. The number of aryl methyl sites for hydroxylation is 1. The lowest BCUT2D eigenvalue weighted by atomic mass is 9.75. The monoisotopic (exact) mass is 295 g/mol. The fourth-order valence-corrected chi connectivity index (χ4v) is 4.28. The van der Waals surface area contributed by atoms with Gasteiger partial charge in [-0.05, 0) is 32.1 Å². The first-order valence-corrected chi connectivity index (χ1v) is 7.69. The van der Waals surface area contributed by atoms with Crippen LogP contribution in [0.25, 0.3) is 0 Å². The molecule has 0 aromatic carbocycles. The van der Waals surface area contributed by atoms with E-state index in [2.05, 4.69) is 4.98 Å². The van der Waals surface area contributed by atoms with E-state index in [1.54, 1.807) is 11.3 Å². The molecule has 20 heavy (non-hydrogen) atoms. The van der Waals surface area contributed by atoms with Gasteiger partial charge in [0.05, 0.1) is 29.6 Å². The minimum atomic E-state index is -0.708. The number of nitrogens with zero attached hydrogens (tertiary/aromatic N) is 1. The van der Waals surface area contributed by atoms with Crippen LogP contribution in [0.1, 0.15) is 40.8 Å². The third-order valence-corrected chi connectivity index (χ3v) is 5.61. The number of thiazole rings is 1. The number of fused-ring (bicyclic) bond motifs is 1. The number of aliphatic carboxylic acids is 1. The van der Waals surface area contributed by atoms with Gasteiger partial charge in [-0.2, -0.15) is 0 Å². The Morgan fingerprint density at radius 1 is 1.35 bits per heavy atom. The number of carbonyl (C=O) groups excluding carboxylic acids is 1. The highest BCUT2D eigenvalue weighted by atomic mass is 32.1. The van der Waals surface area contributed by atoms with Crippen molar-refractivity contribution in [1.29, 1.82) is 0 Å². The first-order chi connectivity index (χ1) is 9.58. The van der Waals surface area contributed by atoms with E-state index in [1.807, 2.05) is 0 Å². The van der Waals surface area contributed by atoms with Gasteiger partial charge in [-0.1, -0.05) is 0 Å². The molecule has 1 saturated carbocycles. The van der Waals surface area contributed by atoms with Crippen molar-refractivity contribution >= 4 is 23.3 Å². The van der Waals surface area contributed by atoms with Gasteiger partial charge in [-0.15, -0.1) is 11.3 Å². The molecule has 3 rings (SSSR count). The number of hydrogen-bond donors (Lipinski definition) is 1. The number of esters is 1. The topological polar surface area (TPSA) is 76.5 Å². The van der Waals surface area contributed by atoms with Crippen LogP contribution in [0.4, 0.5) is 0 Å². The molecule has 0 bridgehead atoms. The fraction of sp³-hybridized carbons (Fsp3) is 0.643. The molecular formula is C14H17NO4S. The lowest BCUT2D eigenvalue weighted by Crippen LogP contribution is -2.29. The predicted octanol–water partition coefficient (Wildman–Crippen LogP) is 2.00. The molecule has 1 heterocycles. The van der Waals surface area contributed by atoms with Gasteiger partial charge in [-0.25, -0.2) is 4.98 Å². The van der Waals surface area contributed by atoms with Gasteiger partial charge in [0.15, 0.2) is 0 Å². The van der Waals surface area contributed by atoms with Crippen molar-refractivity contribution in [2.24, 2.45) is 11.8 Å². The van der Waals surface area contributed by atoms with Crippen molar-refractivity contribution in [3.05, 3.63) is 15.6 Å². The Bertz CT molecular complexity index is 547. The molecule has 108 valence electrons. The smallest absolute Gasteiger partial charge is 0.308 e. The Kier molecular flexibility index (Phi) is 3.50. The largest absolute Gasteiger partial charge is 0.481 e. The van der Waals surface area contributed by atoms with E-state index >= 15 is 0 Å². The Morgan fingerprint density at radius 2 is 2.10 bits per heavy atom. The molecule has 0 amide bonds. The summed E-state index contributed by atoms with van der Waals surface area (Å²) in [4.78, 5) is 28.2. The van der Waals surface area contributed by atoms with Crippen molar-refractivity contribution in [3.8, 4) is 0 Å². The molecule has 2 aliphatic rings. The number of carbonyl (C=O) groups is 2. The second-order valence-corrected chi connectivity index (χ2v) is 6.70. The maximum absolute atomic E-state index is 11.4. The van der Waals surface area contributed by atoms with Crippen LogP contribution in [-0.2, 0) is 27.2 Å². The van der Waals surface area contributed by atoms with Crippen LogP contribution in [0.5, 0.6) is 0 Å². The average Bonchev–Trinajstić information content (AvgIpc) is 2.78. The summed E-state index contributed by atoms with van der Waals surface area (Å²) in [6.45, 7) is 0. The third kappa shape index (κ3) is 2.32. The number of methoxy groups -OCH3 is 1. The lowest BCUT2D eigenvalue weighted by molar-refractivity contribution is -0.149. The number of hydrogen-bond acceptors (Lipinski definition) is 5. The van der Waals surface area contributed by atoms with Gasteiger partial charge in [0.2, 0.25) is 0 Å². The number of carboxylic acids is 1. The van der Waals surface area contributed by atoms with Gasteiger partial charge >= 0.3 is 11.9 Å². The highest BCUT2D eigenvalue weighted by Crippen LogP contribution is 2.45. The van der Waals surface area contributed by atoms with E-state index in [4.69, 9.17) is 9.84 Å². The molecule has 5 nitrogen and oxygen atoms in total. The fourth-order valence-electron chi connectivity index (χ4n) is 2.96. The van der Waals surface area contributed by atoms with Crippen LogP contribution >= 0.6 is 11.3 Å². The minimum Gasteiger partial charge on any atom is -0.481 e. The van der Waals surface area contributed by atoms with E-state index in [1.165, 1.54) is 7.11 Å². The maximum Gasteiger partial charge on any atom is 0.308 e. The molecule has 1 N–H and O–H groups in total. The Morgan fingerprint density at radius 3 is 2.75 bits per heavy atom. The number of ether oxygens (including phenoxy) is 1. The standard InChI is InChI=1S/C14H17NO4S/c1-19-14(18)9-4-8(5-9)12-15-10-3-2-7(13(16)17)6-11(10)20-12/h7-9H,2-6H2,1H3,(H,16,17). The summed E-state index contributed by atoms with van der Waals surface area (Å²) < 4.78 is 4.74. The molecule has 0 spiro atoms. The minimum absolute atomic E-state index is 0.0118. The lowest BCUT2D eigenvalue weighted by Gasteiger charge is -2.31. The Balaban J connectivity index is 1.67. The van der Waals surface area contributed by atoms with E-state index in [9.17, 15) is 9.59 Å². The molecule has 6 heteroatoms. The van der Waals surface area contributed by atoms with Crippen molar-refractivity contribution in [2.75, 3.05) is 7.11 Å². The Labute approximate surface area is 121 Å².